The molecule has 29 heavy (non-hydrogen) atoms. The molecule has 154 valence electrons. The number of carbonyl (C=O) groups excluding carboxylic acids is 2. The highest BCUT2D eigenvalue weighted by Gasteiger charge is 2.26. The highest BCUT2D eigenvalue weighted by Crippen LogP contribution is 2.20. The van der Waals surface area contributed by atoms with Crippen LogP contribution in [0.15, 0.2) is 41.2 Å². The number of ether oxygens (including phenoxy) is 1. The molecule has 1 aromatic heterocycles. The maximum Gasteiger partial charge on any atom is 0.321 e. The summed E-state index contributed by atoms with van der Waals surface area (Å²) in [7, 11) is 1.73. The first-order valence-electron chi connectivity index (χ1n) is 9.25. The van der Waals surface area contributed by atoms with E-state index in [2.05, 4.69) is 21.1 Å². The number of nitrogens with zero attached hydrogens (tertiary/aromatic N) is 3. The third-order valence-electron chi connectivity index (χ3n) is 4.58. The first kappa shape index (κ1) is 19.4. The van der Waals surface area contributed by atoms with E-state index in [0.717, 1.165) is 29.8 Å². The Bertz CT molecular complexity index is 873. The molecule has 4 rings (SSSR count). The number of anilines is 1. The van der Waals surface area contributed by atoms with Gasteiger partial charge in [-0.1, -0.05) is 0 Å². The molecule has 0 radical (unpaired) electrons. The summed E-state index contributed by atoms with van der Waals surface area (Å²) in [6, 6.07) is -0.346. The topological polar surface area (TPSA) is 108 Å². The predicted octanol–water partition coefficient (Wildman–Crippen LogP) is 1.45. The van der Waals surface area contributed by atoms with Crippen LogP contribution in [-0.2, 0) is 21.0 Å². The Morgan fingerprint density at radius 1 is 1.48 bits per heavy atom. The number of likely N-dealkylation sites (N-methyl/N-ethyl adjacent to an activating group) is 1. The van der Waals surface area contributed by atoms with Gasteiger partial charge in [0.15, 0.2) is 5.13 Å². The van der Waals surface area contributed by atoms with Gasteiger partial charge in [0.2, 0.25) is 0 Å². The average molecular weight is 418 g/mol. The van der Waals surface area contributed by atoms with Gasteiger partial charge < -0.3 is 15.0 Å². The van der Waals surface area contributed by atoms with Crippen LogP contribution in [0.25, 0.3) is 0 Å². The van der Waals surface area contributed by atoms with Crippen molar-refractivity contribution in [3.05, 3.63) is 46.9 Å². The van der Waals surface area contributed by atoms with E-state index in [1.165, 1.54) is 11.3 Å². The van der Waals surface area contributed by atoms with Crippen molar-refractivity contribution in [2.24, 2.45) is 0 Å². The van der Waals surface area contributed by atoms with Gasteiger partial charge in [0.05, 0.1) is 24.1 Å². The van der Waals surface area contributed by atoms with E-state index in [4.69, 9.17) is 9.68 Å². The number of hydrogen-bond acceptors (Lipinski definition) is 8. The van der Waals surface area contributed by atoms with E-state index in [0.29, 0.717) is 24.8 Å². The van der Waals surface area contributed by atoms with Crippen LogP contribution >= 0.6 is 11.3 Å². The molecule has 3 N–H and O–H groups in total. The van der Waals surface area contributed by atoms with Gasteiger partial charge in [-0.15, -0.1) is 11.3 Å². The Balaban J connectivity index is 1.24. The fourth-order valence-electron chi connectivity index (χ4n) is 3.09. The second kappa shape index (κ2) is 8.64. The minimum atomic E-state index is -0.348. The van der Waals surface area contributed by atoms with Gasteiger partial charge in [-0.3, -0.25) is 10.1 Å². The van der Waals surface area contributed by atoms with Crippen molar-refractivity contribution in [1.82, 2.24) is 25.7 Å². The lowest BCUT2D eigenvalue weighted by Gasteiger charge is -2.19. The maximum absolute atomic E-state index is 12.3. The minimum Gasteiger partial charge on any atom is -0.368 e. The van der Waals surface area contributed by atoms with Gasteiger partial charge in [-0.25, -0.2) is 20.3 Å². The van der Waals surface area contributed by atoms with Crippen molar-refractivity contribution in [2.75, 3.05) is 25.5 Å². The summed E-state index contributed by atoms with van der Waals surface area (Å²) >= 11 is 1.32. The normalized spacial score (nSPS) is 19.9. The molecule has 0 saturated carbocycles. The van der Waals surface area contributed by atoms with Crippen LogP contribution in [0.3, 0.4) is 0 Å². The van der Waals surface area contributed by atoms with Crippen LogP contribution in [0, 0.1) is 0 Å². The van der Waals surface area contributed by atoms with E-state index >= 15 is 0 Å². The Labute approximate surface area is 171 Å². The standard InChI is InChI=1S/C18H22N6O4S/c1-23(16(25)15-3-2-6-27-15)10-13-11-29-18(21-13)22-17(26)19-8-12-4-5-24-14(7-12)9-20-28-24/h4-5,7,9,11,15,20H,2-3,6,8,10H2,1H3,(H2,19,21,22,26)/t15-/m1/s1. The smallest absolute Gasteiger partial charge is 0.321 e. The van der Waals surface area contributed by atoms with Gasteiger partial charge in [-0.2, -0.15) is 4.94 Å². The first-order chi connectivity index (χ1) is 14.1. The summed E-state index contributed by atoms with van der Waals surface area (Å²) in [5.41, 5.74) is 5.16. The number of hydroxylamine groups is 3. The van der Waals surface area contributed by atoms with Crippen molar-refractivity contribution in [2.45, 2.75) is 25.5 Å². The van der Waals surface area contributed by atoms with Crippen molar-refractivity contribution < 1.29 is 19.3 Å². The predicted molar refractivity (Wildman–Crippen MR) is 106 cm³/mol. The lowest BCUT2D eigenvalue weighted by atomic mass is 10.2. The lowest BCUT2D eigenvalue weighted by Crippen LogP contribution is -2.35. The van der Waals surface area contributed by atoms with Crippen LogP contribution in [0.4, 0.5) is 9.93 Å². The molecule has 1 atom stereocenters. The number of fused-ring (bicyclic) bond motifs is 1. The number of aromatic nitrogens is 1. The number of rotatable bonds is 6. The SMILES string of the molecule is CN(Cc1csc(NC(=O)NCC2=CC3=CNON3C=C2)n1)C(=O)[C@H]1CCCO1. The van der Waals surface area contributed by atoms with Gasteiger partial charge in [0, 0.05) is 31.8 Å². The van der Waals surface area contributed by atoms with E-state index in [1.54, 1.807) is 29.4 Å². The van der Waals surface area contributed by atoms with Gasteiger partial charge in [0.1, 0.15) is 6.10 Å². The molecule has 4 heterocycles. The van der Waals surface area contributed by atoms with Crippen molar-refractivity contribution in [3.8, 4) is 0 Å². The molecule has 0 aliphatic carbocycles. The number of carbonyl (C=O) groups is 2. The summed E-state index contributed by atoms with van der Waals surface area (Å²) < 4.78 is 5.43. The molecule has 0 bridgehead atoms. The molecule has 1 saturated heterocycles. The molecule has 0 unspecified atom stereocenters. The zero-order valence-corrected chi connectivity index (χ0v) is 16.7. The number of hydrogen-bond donors (Lipinski definition) is 3. The third kappa shape index (κ3) is 4.75. The van der Waals surface area contributed by atoms with Crippen molar-refractivity contribution in [1.29, 1.82) is 0 Å². The Kier molecular flexibility index (Phi) is 5.79. The summed E-state index contributed by atoms with van der Waals surface area (Å²) in [4.78, 5) is 35.5. The summed E-state index contributed by atoms with van der Waals surface area (Å²) in [6.45, 7) is 1.37. The third-order valence-corrected chi connectivity index (χ3v) is 5.38. The van der Waals surface area contributed by atoms with Crippen molar-refractivity contribution in [3.63, 3.8) is 0 Å². The second-order valence-electron chi connectivity index (χ2n) is 6.79. The minimum absolute atomic E-state index is 0.0342. The second-order valence-corrected chi connectivity index (χ2v) is 7.64. The monoisotopic (exact) mass is 418 g/mol. The summed E-state index contributed by atoms with van der Waals surface area (Å²) in [5.74, 6) is -0.0342. The van der Waals surface area contributed by atoms with Crippen molar-refractivity contribution >= 4 is 28.4 Å². The molecule has 3 aliphatic rings. The highest BCUT2D eigenvalue weighted by atomic mass is 32.1. The van der Waals surface area contributed by atoms with Gasteiger partial charge in [0.25, 0.3) is 5.91 Å². The van der Waals surface area contributed by atoms with E-state index in [1.807, 2.05) is 17.5 Å². The van der Waals surface area contributed by atoms with Crippen LogP contribution in [0.2, 0.25) is 0 Å². The van der Waals surface area contributed by atoms with Crippen LogP contribution < -0.4 is 16.1 Å². The number of thiazole rings is 1. The van der Waals surface area contributed by atoms with E-state index in [9.17, 15) is 9.59 Å². The number of urea groups is 1. The number of allylic oxidation sites excluding steroid dienone is 1. The number of nitrogens with one attached hydrogen (secondary N) is 3. The fraction of sp³-hybridized carbons (Fsp3) is 0.389. The Morgan fingerprint density at radius 3 is 3.21 bits per heavy atom. The fourth-order valence-corrected chi connectivity index (χ4v) is 3.79. The lowest BCUT2D eigenvalue weighted by molar-refractivity contribution is -0.140. The molecule has 0 spiro atoms. The molecule has 1 fully saturated rings. The molecule has 0 aromatic carbocycles. The average Bonchev–Trinajstić information content (AvgIpc) is 3.47. The van der Waals surface area contributed by atoms with Crippen LogP contribution in [0.1, 0.15) is 18.5 Å². The largest absolute Gasteiger partial charge is 0.368 e. The molecular formula is C18H22N6O4S. The van der Waals surface area contributed by atoms with Gasteiger partial charge in [-0.05, 0) is 30.6 Å². The molecule has 11 heteroatoms. The Morgan fingerprint density at radius 2 is 2.38 bits per heavy atom. The molecule has 3 amide bonds. The summed E-state index contributed by atoms with van der Waals surface area (Å²) in [5, 5.41) is 9.41. The zero-order valence-electron chi connectivity index (χ0n) is 15.9. The van der Waals surface area contributed by atoms with E-state index in [-0.39, 0.29) is 18.0 Å². The summed E-state index contributed by atoms with van der Waals surface area (Å²) in [6.07, 6.45) is 8.58. The molecule has 1 aromatic rings. The maximum atomic E-state index is 12.3. The molecule has 3 aliphatic heterocycles. The quantitative estimate of drug-likeness (QED) is 0.642. The van der Waals surface area contributed by atoms with Crippen LogP contribution in [0.5, 0.6) is 0 Å². The van der Waals surface area contributed by atoms with Gasteiger partial charge >= 0.3 is 6.03 Å². The Hall–Kier alpha value is -2.89. The van der Waals surface area contributed by atoms with E-state index < -0.39 is 0 Å². The first-order valence-corrected chi connectivity index (χ1v) is 10.1. The molecular weight excluding hydrogens is 396 g/mol. The number of amides is 3. The van der Waals surface area contributed by atoms with Crippen LogP contribution in [-0.4, -0.2) is 53.2 Å². The molecule has 10 nitrogen and oxygen atoms in total. The highest BCUT2D eigenvalue weighted by molar-refractivity contribution is 7.13. The zero-order chi connectivity index (χ0) is 20.2.